The largest absolute Gasteiger partial charge is 0.301 e. The number of benzene rings is 2. The van der Waals surface area contributed by atoms with Crippen LogP contribution >= 0.6 is 23.2 Å². The Hall–Kier alpha value is -3.55. The fourth-order valence-electron chi connectivity index (χ4n) is 4.14. The zero-order valence-corrected chi connectivity index (χ0v) is 20.1. The zero-order valence-electron chi connectivity index (χ0n) is 17.8. The molecule has 0 fully saturated rings. The van der Waals surface area contributed by atoms with Crippen molar-refractivity contribution in [3.8, 4) is 17.2 Å². The van der Waals surface area contributed by atoms with Gasteiger partial charge in [-0.1, -0.05) is 47.5 Å². The van der Waals surface area contributed by atoms with Crippen molar-refractivity contribution < 1.29 is 13.6 Å². The predicted octanol–water partition coefficient (Wildman–Crippen LogP) is 5.17. The van der Waals surface area contributed by atoms with Gasteiger partial charge in [-0.15, -0.1) is 0 Å². The first-order chi connectivity index (χ1) is 16.9. The number of rotatable bonds is 5. The third-order valence-corrected chi connectivity index (χ3v) is 6.75. The Morgan fingerprint density at radius 3 is 2.46 bits per heavy atom. The molecule has 5 rings (SSSR count). The highest BCUT2D eigenvalue weighted by Gasteiger charge is 2.42. The highest BCUT2D eigenvalue weighted by Crippen LogP contribution is 2.41. The number of aromatic nitrogens is 3. The van der Waals surface area contributed by atoms with Gasteiger partial charge in [0, 0.05) is 28.2 Å². The van der Waals surface area contributed by atoms with Crippen LogP contribution in [0.15, 0.2) is 72.0 Å². The molecule has 0 radical (unpaired) electrons. The molecule has 0 aliphatic carbocycles. The van der Waals surface area contributed by atoms with Crippen LogP contribution in [0.2, 0.25) is 10.0 Å². The molecule has 2 aromatic carbocycles. The minimum absolute atomic E-state index is 0.0135. The second-order valence-electron chi connectivity index (χ2n) is 7.75. The lowest BCUT2D eigenvalue weighted by molar-refractivity contribution is -0.119. The Morgan fingerprint density at radius 2 is 1.80 bits per heavy atom. The lowest BCUT2D eigenvalue weighted by Gasteiger charge is -2.17. The molecule has 1 aliphatic rings. The van der Waals surface area contributed by atoms with Crippen LogP contribution < -0.4 is 4.90 Å². The number of fused-ring (bicyclic) bond motifs is 1. The monoisotopic (exact) mass is 523 g/mol. The first-order valence-electron chi connectivity index (χ1n) is 10.3. The topological polar surface area (TPSA) is 112 Å². The number of carbonyl (C=O) groups excluding carboxylic acids is 1. The number of nitrogens with zero attached hydrogens (tertiary/aromatic N) is 5. The molecule has 1 N–H and O–H groups in total. The second kappa shape index (κ2) is 9.24. The summed E-state index contributed by atoms with van der Waals surface area (Å²) in [7, 11) is 0. The predicted molar refractivity (Wildman–Crippen MR) is 132 cm³/mol. The molecule has 0 saturated heterocycles. The number of nitriles is 1. The molecule has 1 aliphatic heterocycles. The van der Waals surface area contributed by atoms with E-state index >= 15 is 0 Å². The molecule has 2 unspecified atom stereocenters. The van der Waals surface area contributed by atoms with E-state index in [9.17, 15) is 18.8 Å². The zero-order chi connectivity index (χ0) is 24.7. The Kier molecular flexibility index (Phi) is 6.13. The summed E-state index contributed by atoms with van der Waals surface area (Å²) in [5.74, 6) is -0.123. The average Bonchev–Trinajstić information content (AvgIpc) is 3.37. The van der Waals surface area contributed by atoms with E-state index in [2.05, 4.69) is 16.0 Å². The van der Waals surface area contributed by atoms with Crippen molar-refractivity contribution in [1.29, 1.82) is 5.26 Å². The van der Waals surface area contributed by atoms with Gasteiger partial charge >= 0.3 is 0 Å². The summed E-state index contributed by atoms with van der Waals surface area (Å²) < 4.78 is 23.3. The van der Waals surface area contributed by atoms with Gasteiger partial charge < -0.3 is 4.55 Å². The SMILES string of the molecule is N#Cc1ncccc1-c1ccc(CC2C(=O)N(c3cc(Cl)cc(Cl)c3)c3ncc(S(=O)O)n32)cc1. The molecule has 11 heteroatoms. The minimum Gasteiger partial charge on any atom is -0.301 e. The molecule has 4 aromatic rings. The third kappa shape index (κ3) is 4.22. The quantitative estimate of drug-likeness (QED) is 0.361. The first-order valence-corrected chi connectivity index (χ1v) is 12.2. The summed E-state index contributed by atoms with van der Waals surface area (Å²) in [5.41, 5.74) is 3.06. The molecule has 174 valence electrons. The van der Waals surface area contributed by atoms with E-state index in [1.165, 1.54) is 15.7 Å². The van der Waals surface area contributed by atoms with E-state index in [0.29, 0.717) is 27.0 Å². The van der Waals surface area contributed by atoms with E-state index in [0.717, 1.165) is 11.1 Å². The summed E-state index contributed by atoms with van der Waals surface area (Å²) >= 11 is 9.94. The number of amides is 1. The fraction of sp³-hybridized carbons (Fsp3) is 0.0833. The van der Waals surface area contributed by atoms with Crippen molar-refractivity contribution in [2.75, 3.05) is 4.90 Å². The molecule has 3 heterocycles. The van der Waals surface area contributed by atoms with Crippen LogP contribution in [0.5, 0.6) is 0 Å². The molecule has 1 amide bonds. The van der Waals surface area contributed by atoms with E-state index in [1.807, 2.05) is 30.3 Å². The number of halogens is 2. The first kappa shape index (κ1) is 23.2. The van der Waals surface area contributed by atoms with Gasteiger partial charge in [0.25, 0.3) is 5.91 Å². The van der Waals surface area contributed by atoms with Crippen LogP contribution in [0.4, 0.5) is 11.6 Å². The Morgan fingerprint density at radius 1 is 1.09 bits per heavy atom. The van der Waals surface area contributed by atoms with Crippen molar-refractivity contribution in [1.82, 2.24) is 14.5 Å². The van der Waals surface area contributed by atoms with E-state index in [-0.39, 0.29) is 23.3 Å². The smallest absolute Gasteiger partial charge is 0.257 e. The van der Waals surface area contributed by atoms with Crippen molar-refractivity contribution in [2.45, 2.75) is 17.5 Å². The van der Waals surface area contributed by atoms with E-state index in [1.54, 1.807) is 30.5 Å². The Labute approximate surface area is 212 Å². The minimum atomic E-state index is -2.35. The number of hydrogen-bond donors (Lipinski definition) is 1. The third-order valence-electron chi connectivity index (χ3n) is 5.65. The van der Waals surface area contributed by atoms with Crippen LogP contribution in [0.25, 0.3) is 11.1 Å². The summed E-state index contributed by atoms with van der Waals surface area (Å²) in [5, 5.41) is 10.0. The van der Waals surface area contributed by atoms with Crippen LogP contribution in [-0.4, -0.2) is 29.2 Å². The molecule has 8 nitrogen and oxygen atoms in total. The maximum absolute atomic E-state index is 13.6. The van der Waals surface area contributed by atoms with Gasteiger partial charge in [-0.05, 0) is 41.5 Å². The van der Waals surface area contributed by atoms with Gasteiger partial charge in [0.15, 0.2) is 5.03 Å². The van der Waals surface area contributed by atoms with Crippen LogP contribution in [0.3, 0.4) is 0 Å². The average molecular weight is 524 g/mol. The van der Waals surface area contributed by atoms with Crippen molar-refractivity contribution in [3.63, 3.8) is 0 Å². The summed E-state index contributed by atoms with van der Waals surface area (Å²) in [6, 6.07) is 17.0. The van der Waals surface area contributed by atoms with Crippen LogP contribution in [0.1, 0.15) is 17.3 Å². The number of imidazole rings is 1. The Bertz CT molecular complexity index is 1510. The van der Waals surface area contributed by atoms with Gasteiger partial charge in [0.2, 0.25) is 17.0 Å². The molecule has 0 bridgehead atoms. The molecular weight excluding hydrogens is 509 g/mol. The van der Waals surface area contributed by atoms with Gasteiger partial charge in [-0.2, -0.15) is 5.26 Å². The lowest BCUT2D eigenvalue weighted by atomic mass is 9.99. The normalized spacial score (nSPS) is 15.7. The summed E-state index contributed by atoms with van der Waals surface area (Å²) in [6.07, 6.45) is 3.08. The molecule has 0 saturated carbocycles. The number of anilines is 2. The van der Waals surface area contributed by atoms with E-state index in [4.69, 9.17) is 23.2 Å². The lowest BCUT2D eigenvalue weighted by Crippen LogP contribution is -2.26. The summed E-state index contributed by atoms with van der Waals surface area (Å²) in [4.78, 5) is 23.2. The molecule has 35 heavy (non-hydrogen) atoms. The molecular formula is C24H15Cl2N5O3S. The number of pyridine rings is 1. The highest BCUT2D eigenvalue weighted by molar-refractivity contribution is 7.79. The Balaban J connectivity index is 1.52. The molecule has 2 aromatic heterocycles. The standard InChI is InChI=1S/C24H15Cl2N5O3S/c25-16-9-17(26)11-18(10-16)30-23(32)21(31-22(35(33)34)13-29-24(30)31)8-14-3-5-15(6-4-14)19-2-1-7-28-20(19)12-27/h1-7,9-11,13,21H,8H2,(H,33,34). The fourth-order valence-corrected chi connectivity index (χ4v) is 5.18. The molecule has 2 atom stereocenters. The van der Waals surface area contributed by atoms with Gasteiger partial charge in [0.1, 0.15) is 17.8 Å². The van der Waals surface area contributed by atoms with Crippen LogP contribution in [0, 0.1) is 11.3 Å². The van der Waals surface area contributed by atoms with Crippen molar-refractivity contribution in [3.05, 3.63) is 88.3 Å². The van der Waals surface area contributed by atoms with Crippen LogP contribution in [-0.2, 0) is 22.3 Å². The van der Waals surface area contributed by atoms with Gasteiger partial charge in [-0.25, -0.2) is 19.1 Å². The van der Waals surface area contributed by atoms with Crippen molar-refractivity contribution in [2.24, 2.45) is 0 Å². The van der Waals surface area contributed by atoms with Crippen molar-refractivity contribution >= 4 is 51.8 Å². The van der Waals surface area contributed by atoms with E-state index < -0.39 is 17.1 Å². The summed E-state index contributed by atoms with van der Waals surface area (Å²) in [6.45, 7) is 0. The van der Waals surface area contributed by atoms with Gasteiger partial charge in [-0.3, -0.25) is 9.36 Å². The number of carbonyl (C=O) groups is 1. The maximum atomic E-state index is 13.6. The second-order valence-corrected chi connectivity index (χ2v) is 9.53. The highest BCUT2D eigenvalue weighted by atomic mass is 35.5. The van der Waals surface area contributed by atoms with Gasteiger partial charge in [0.05, 0.1) is 11.9 Å². The molecule has 0 spiro atoms. The number of hydrogen-bond acceptors (Lipinski definition) is 5. The maximum Gasteiger partial charge on any atom is 0.257 e.